The van der Waals surface area contributed by atoms with Crippen LogP contribution in [0.1, 0.15) is 33.6 Å². The summed E-state index contributed by atoms with van der Waals surface area (Å²) >= 11 is 7.43. The lowest BCUT2D eigenvalue weighted by molar-refractivity contribution is -0.121. The average molecular weight is 286 g/mol. The van der Waals surface area contributed by atoms with Crippen molar-refractivity contribution in [3.63, 3.8) is 0 Å². The van der Waals surface area contributed by atoms with E-state index in [0.29, 0.717) is 0 Å². The normalized spacial score (nSPS) is 14.0. The zero-order valence-electron chi connectivity index (χ0n) is 11.1. The van der Waals surface area contributed by atoms with Gasteiger partial charge in [-0.1, -0.05) is 25.4 Å². The van der Waals surface area contributed by atoms with Crippen LogP contribution in [-0.2, 0) is 4.79 Å². The van der Waals surface area contributed by atoms with Gasteiger partial charge in [0.1, 0.15) is 0 Å². The Morgan fingerprint density at radius 1 is 1.28 bits per heavy atom. The molecule has 0 aliphatic heterocycles. The van der Waals surface area contributed by atoms with Gasteiger partial charge in [-0.05, 0) is 44.0 Å². The molecule has 2 nitrogen and oxygen atoms in total. The van der Waals surface area contributed by atoms with Crippen molar-refractivity contribution in [2.75, 3.05) is 0 Å². The minimum absolute atomic E-state index is 0.0415. The molecule has 0 saturated heterocycles. The molecule has 100 valence electrons. The Bertz CT molecular complexity index is 380. The number of thioether (sulfide) groups is 1. The number of hydrogen-bond donors (Lipinski definition) is 1. The van der Waals surface area contributed by atoms with E-state index in [2.05, 4.69) is 12.2 Å². The lowest BCUT2D eigenvalue weighted by Gasteiger charge is -2.18. The molecule has 0 bridgehead atoms. The van der Waals surface area contributed by atoms with Crippen LogP contribution in [0.5, 0.6) is 0 Å². The monoisotopic (exact) mass is 285 g/mol. The van der Waals surface area contributed by atoms with Crippen molar-refractivity contribution in [3.8, 4) is 0 Å². The fourth-order valence-corrected chi connectivity index (χ4v) is 2.53. The van der Waals surface area contributed by atoms with Gasteiger partial charge < -0.3 is 5.32 Å². The molecule has 0 heterocycles. The van der Waals surface area contributed by atoms with Crippen LogP contribution < -0.4 is 5.32 Å². The number of carbonyl (C=O) groups excluding carboxylic acids is 1. The lowest BCUT2D eigenvalue weighted by Crippen LogP contribution is -2.38. The predicted molar refractivity (Wildman–Crippen MR) is 79.3 cm³/mol. The number of halogens is 1. The molecule has 1 N–H and O–H groups in total. The summed E-state index contributed by atoms with van der Waals surface area (Å²) < 4.78 is 0. The first kappa shape index (κ1) is 15.4. The molecule has 2 atom stereocenters. The number of nitrogens with one attached hydrogen (secondary N) is 1. The second-order valence-corrected chi connectivity index (χ2v) is 6.00. The van der Waals surface area contributed by atoms with Gasteiger partial charge in [0.25, 0.3) is 0 Å². The van der Waals surface area contributed by atoms with Crippen molar-refractivity contribution in [2.45, 2.75) is 49.8 Å². The topological polar surface area (TPSA) is 29.1 Å². The van der Waals surface area contributed by atoms with Crippen LogP contribution in [-0.4, -0.2) is 17.2 Å². The first-order valence-electron chi connectivity index (χ1n) is 6.29. The average Bonchev–Trinajstić information content (AvgIpc) is 2.37. The van der Waals surface area contributed by atoms with E-state index < -0.39 is 0 Å². The standard InChI is InChI=1S/C14H20ClNOS/c1-4-10(3)16-14(17)13(5-2)18-12-8-6-11(15)7-9-12/h6-10,13H,4-5H2,1-3H3,(H,16,17). The molecule has 4 heteroatoms. The van der Waals surface area contributed by atoms with E-state index in [1.807, 2.05) is 38.1 Å². The summed E-state index contributed by atoms with van der Waals surface area (Å²) in [6.07, 6.45) is 1.77. The zero-order valence-corrected chi connectivity index (χ0v) is 12.6. The highest BCUT2D eigenvalue weighted by atomic mass is 35.5. The molecule has 18 heavy (non-hydrogen) atoms. The van der Waals surface area contributed by atoms with E-state index in [9.17, 15) is 4.79 Å². The molecule has 2 unspecified atom stereocenters. The van der Waals surface area contributed by atoms with Crippen LogP contribution in [0.4, 0.5) is 0 Å². The van der Waals surface area contributed by atoms with Crippen molar-refractivity contribution in [1.29, 1.82) is 0 Å². The van der Waals surface area contributed by atoms with E-state index in [1.165, 1.54) is 0 Å². The maximum Gasteiger partial charge on any atom is 0.233 e. The van der Waals surface area contributed by atoms with Gasteiger partial charge in [0.15, 0.2) is 0 Å². The smallest absolute Gasteiger partial charge is 0.233 e. The maximum atomic E-state index is 12.1. The van der Waals surface area contributed by atoms with Crippen LogP contribution in [0.15, 0.2) is 29.2 Å². The van der Waals surface area contributed by atoms with Crippen LogP contribution >= 0.6 is 23.4 Å². The molecule has 0 spiro atoms. The highest BCUT2D eigenvalue weighted by molar-refractivity contribution is 8.00. The van der Waals surface area contributed by atoms with Gasteiger partial charge in [-0.25, -0.2) is 0 Å². The van der Waals surface area contributed by atoms with Gasteiger partial charge >= 0.3 is 0 Å². The third kappa shape index (κ3) is 4.91. The molecular formula is C14H20ClNOS. The third-order valence-corrected chi connectivity index (χ3v) is 4.38. The number of benzene rings is 1. The zero-order chi connectivity index (χ0) is 13.5. The molecule has 1 rings (SSSR count). The van der Waals surface area contributed by atoms with Gasteiger partial charge in [-0.3, -0.25) is 4.79 Å². The van der Waals surface area contributed by atoms with Gasteiger partial charge in [0.2, 0.25) is 5.91 Å². The van der Waals surface area contributed by atoms with E-state index >= 15 is 0 Å². The third-order valence-electron chi connectivity index (χ3n) is 2.76. The van der Waals surface area contributed by atoms with Crippen LogP contribution in [0.25, 0.3) is 0 Å². The highest BCUT2D eigenvalue weighted by Gasteiger charge is 2.18. The van der Waals surface area contributed by atoms with Gasteiger partial charge in [0.05, 0.1) is 5.25 Å². The summed E-state index contributed by atoms with van der Waals surface area (Å²) in [7, 11) is 0. The van der Waals surface area contributed by atoms with E-state index in [4.69, 9.17) is 11.6 Å². The summed E-state index contributed by atoms with van der Waals surface area (Å²) in [5.74, 6) is 0.117. The largest absolute Gasteiger partial charge is 0.353 e. The minimum atomic E-state index is -0.0415. The molecule has 0 aromatic heterocycles. The molecule has 1 aromatic carbocycles. The first-order valence-corrected chi connectivity index (χ1v) is 7.55. The minimum Gasteiger partial charge on any atom is -0.353 e. The Hall–Kier alpha value is -0.670. The summed E-state index contributed by atoms with van der Waals surface area (Å²) in [5, 5.41) is 3.70. The maximum absolute atomic E-state index is 12.1. The quantitative estimate of drug-likeness (QED) is 0.797. The van der Waals surface area contributed by atoms with Crippen molar-refractivity contribution in [1.82, 2.24) is 5.32 Å². The second kappa shape index (κ2) is 7.70. The molecule has 0 aliphatic rings. The van der Waals surface area contributed by atoms with Crippen molar-refractivity contribution < 1.29 is 4.79 Å². The number of carbonyl (C=O) groups is 1. The Morgan fingerprint density at radius 3 is 2.39 bits per heavy atom. The lowest BCUT2D eigenvalue weighted by atomic mass is 10.2. The Labute approximate surface area is 118 Å². The van der Waals surface area contributed by atoms with E-state index in [0.717, 1.165) is 22.8 Å². The number of hydrogen-bond acceptors (Lipinski definition) is 2. The van der Waals surface area contributed by atoms with Crippen molar-refractivity contribution in [3.05, 3.63) is 29.3 Å². The number of amides is 1. The van der Waals surface area contributed by atoms with Crippen molar-refractivity contribution in [2.24, 2.45) is 0 Å². The number of rotatable bonds is 6. The SMILES string of the molecule is CCC(C)NC(=O)C(CC)Sc1ccc(Cl)cc1. The molecule has 1 amide bonds. The Kier molecular flexibility index (Phi) is 6.58. The summed E-state index contributed by atoms with van der Waals surface area (Å²) in [6.45, 7) is 6.12. The first-order chi connectivity index (χ1) is 8.56. The molecule has 1 aromatic rings. The highest BCUT2D eigenvalue weighted by Crippen LogP contribution is 2.26. The van der Waals surface area contributed by atoms with Crippen molar-refractivity contribution >= 4 is 29.3 Å². The van der Waals surface area contributed by atoms with Gasteiger partial charge in [-0.15, -0.1) is 11.8 Å². The Morgan fingerprint density at radius 2 is 1.89 bits per heavy atom. The molecule has 0 saturated carbocycles. The molecular weight excluding hydrogens is 266 g/mol. The van der Waals surface area contributed by atoms with E-state index in [1.54, 1.807) is 11.8 Å². The molecule has 0 aliphatic carbocycles. The van der Waals surface area contributed by atoms with Crippen LogP contribution in [0, 0.1) is 0 Å². The van der Waals surface area contributed by atoms with Crippen LogP contribution in [0.3, 0.4) is 0 Å². The summed E-state index contributed by atoms with van der Waals surface area (Å²) in [4.78, 5) is 13.1. The summed E-state index contributed by atoms with van der Waals surface area (Å²) in [6, 6.07) is 7.84. The fraction of sp³-hybridized carbons (Fsp3) is 0.500. The molecule has 0 radical (unpaired) electrons. The van der Waals surface area contributed by atoms with Crippen LogP contribution in [0.2, 0.25) is 5.02 Å². The summed E-state index contributed by atoms with van der Waals surface area (Å²) in [5.41, 5.74) is 0. The van der Waals surface area contributed by atoms with E-state index in [-0.39, 0.29) is 17.2 Å². The van der Waals surface area contributed by atoms with Gasteiger partial charge in [-0.2, -0.15) is 0 Å². The fourth-order valence-electron chi connectivity index (χ4n) is 1.44. The second-order valence-electron chi connectivity index (χ2n) is 4.29. The van der Waals surface area contributed by atoms with Gasteiger partial charge in [0, 0.05) is 16.0 Å². The predicted octanol–water partition coefficient (Wildman–Crippen LogP) is 4.13. The Balaban J connectivity index is 2.61. The molecule has 0 fully saturated rings.